The Kier molecular flexibility index (Phi) is 5.25. The van der Waals surface area contributed by atoms with E-state index < -0.39 is 34.6 Å². The van der Waals surface area contributed by atoms with Crippen molar-refractivity contribution in [1.82, 2.24) is 0 Å². The molecule has 4 unspecified atom stereocenters. The van der Waals surface area contributed by atoms with Gasteiger partial charge < -0.3 is 4.74 Å². The minimum Gasteiger partial charge on any atom is -0.393 e. The molecule has 39 heavy (non-hydrogen) atoms. The van der Waals surface area contributed by atoms with E-state index >= 15 is 4.79 Å². The molecule has 1 heterocycles. The van der Waals surface area contributed by atoms with Crippen molar-refractivity contribution in [2.24, 2.45) is 11.8 Å². The molecule has 0 spiro atoms. The summed E-state index contributed by atoms with van der Waals surface area (Å²) in [6, 6.07) is 33.1. The van der Waals surface area contributed by atoms with Crippen LogP contribution in [0.3, 0.4) is 0 Å². The first kappa shape index (κ1) is 24.1. The quantitative estimate of drug-likeness (QED) is 0.210. The van der Waals surface area contributed by atoms with Gasteiger partial charge in [-0.15, -0.1) is 0 Å². The number of rotatable bonds is 4. The Balaban J connectivity index is 1.72. The van der Waals surface area contributed by atoms with E-state index in [4.69, 9.17) is 27.9 Å². The molecule has 0 N–H and O–H groups in total. The summed E-state index contributed by atoms with van der Waals surface area (Å²) >= 11 is 12.6. The SMILES string of the molecule is O=C1OC(=O)C2C1C1(c3ccc(Cl)cc3)C(=O)C2(c2ccc(Cl)cc2)C(c2ccccc2)=C1c1ccccc1. The monoisotopic (exact) mass is 550 g/mol. The fourth-order valence-corrected chi connectivity index (χ4v) is 7.42. The van der Waals surface area contributed by atoms with Crippen molar-refractivity contribution in [1.29, 1.82) is 0 Å². The highest BCUT2D eigenvalue weighted by Gasteiger charge is 2.82. The molecule has 2 bridgehead atoms. The van der Waals surface area contributed by atoms with Crippen LogP contribution in [0, 0.1) is 11.8 Å². The summed E-state index contributed by atoms with van der Waals surface area (Å²) in [7, 11) is 0. The summed E-state index contributed by atoms with van der Waals surface area (Å²) in [5.74, 6) is -3.69. The molecule has 1 saturated carbocycles. The predicted molar refractivity (Wildman–Crippen MR) is 149 cm³/mol. The maximum absolute atomic E-state index is 15.4. The van der Waals surface area contributed by atoms with Gasteiger partial charge in [0.2, 0.25) is 0 Å². The molecule has 2 fully saturated rings. The molecule has 1 aliphatic heterocycles. The van der Waals surface area contributed by atoms with Gasteiger partial charge in [-0.05, 0) is 57.7 Å². The molecule has 4 atom stereocenters. The van der Waals surface area contributed by atoms with Crippen LogP contribution in [0.4, 0.5) is 0 Å². The molecular weight excluding hydrogens is 531 g/mol. The number of cyclic esters (lactones) is 2. The summed E-state index contributed by atoms with van der Waals surface area (Å²) in [6.45, 7) is 0. The van der Waals surface area contributed by atoms with E-state index in [-0.39, 0.29) is 5.78 Å². The molecule has 7 rings (SSSR count). The average molecular weight is 551 g/mol. The van der Waals surface area contributed by atoms with Crippen LogP contribution in [0.2, 0.25) is 10.0 Å². The van der Waals surface area contributed by atoms with Crippen LogP contribution < -0.4 is 0 Å². The summed E-state index contributed by atoms with van der Waals surface area (Å²) < 4.78 is 5.36. The molecule has 190 valence electrons. The summed E-state index contributed by atoms with van der Waals surface area (Å²) in [6.07, 6.45) is 0. The smallest absolute Gasteiger partial charge is 0.319 e. The topological polar surface area (TPSA) is 60.4 Å². The molecule has 0 aromatic heterocycles. The largest absolute Gasteiger partial charge is 0.393 e. The van der Waals surface area contributed by atoms with Gasteiger partial charge in [-0.25, -0.2) is 0 Å². The third-order valence-corrected chi connectivity index (χ3v) is 8.96. The van der Waals surface area contributed by atoms with Crippen molar-refractivity contribution in [2.45, 2.75) is 10.8 Å². The molecule has 3 aliphatic rings. The Labute approximate surface area is 234 Å². The number of fused-ring (bicyclic) bond motifs is 5. The number of halogens is 2. The van der Waals surface area contributed by atoms with Crippen molar-refractivity contribution in [2.75, 3.05) is 0 Å². The minimum absolute atomic E-state index is 0.225. The minimum atomic E-state index is -1.48. The van der Waals surface area contributed by atoms with E-state index in [9.17, 15) is 9.59 Å². The average Bonchev–Trinajstić information content (AvgIpc) is 3.49. The van der Waals surface area contributed by atoms with E-state index in [0.29, 0.717) is 32.3 Å². The second kappa shape index (κ2) is 8.51. The van der Waals surface area contributed by atoms with Crippen molar-refractivity contribution in [3.05, 3.63) is 141 Å². The lowest BCUT2D eigenvalue weighted by molar-refractivity contribution is -0.156. The van der Waals surface area contributed by atoms with Gasteiger partial charge in [0.1, 0.15) is 0 Å². The van der Waals surface area contributed by atoms with Crippen LogP contribution in [0.1, 0.15) is 22.3 Å². The van der Waals surface area contributed by atoms with Crippen LogP contribution in [0.5, 0.6) is 0 Å². The number of carbonyl (C=O) groups is 3. The Morgan fingerprint density at radius 3 is 1.23 bits per heavy atom. The molecule has 4 nitrogen and oxygen atoms in total. The Bertz CT molecular complexity index is 1570. The second-order valence-corrected chi connectivity index (χ2v) is 11.0. The van der Waals surface area contributed by atoms with Crippen molar-refractivity contribution < 1.29 is 19.1 Å². The first-order chi connectivity index (χ1) is 18.9. The molecule has 6 heteroatoms. The number of ether oxygens (including phenoxy) is 1. The van der Waals surface area contributed by atoms with Gasteiger partial charge in [-0.3, -0.25) is 14.4 Å². The predicted octanol–water partition coefficient (Wildman–Crippen LogP) is 6.69. The molecule has 4 aromatic carbocycles. The fraction of sp³-hybridized carbons (Fsp3) is 0.121. The number of esters is 2. The maximum Gasteiger partial charge on any atom is 0.319 e. The van der Waals surface area contributed by atoms with E-state index in [2.05, 4.69) is 0 Å². The van der Waals surface area contributed by atoms with E-state index in [0.717, 1.165) is 11.1 Å². The molecule has 0 radical (unpaired) electrons. The van der Waals surface area contributed by atoms with Gasteiger partial charge in [0.05, 0.1) is 22.7 Å². The van der Waals surface area contributed by atoms with Gasteiger partial charge >= 0.3 is 11.9 Å². The third kappa shape index (κ3) is 2.99. The lowest BCUT2D eigenvalue weighted by Crippen LogP contribution is -2.41. The zero-order valence-electron chi connectivity index (χ0n) is 20.4. The number of hydrogen-bond acceptors (Lipinski definition) is 4. The molecule has 1 saturated heterocycles. The van der Waals surface area contributed by atoms with Crippen LogP contribution in [0.25, 0.3) is 11.1 Å². The van der Waals surface area contributed by atoms with Crippen LogP contribution in [-0.2, 0) is 30.0 Å². The number of ketones is 1. The standard InChI is InChI=1S/C33H20Cl2O4/c34-23-15-11-21(12-16-23)32-25(19-7-3-1-4-8-19)26(20-9-5-2-6-10-20)33(31(32)38,22-13-17-24(35)18-14-22)28-27(32)29(36)39-30(28)37/h1-18,27-28H. The van der Waals surface area contributed by atoms with Gasteiger partial charge in [-0.1, -0.05) is 108 Å². The van der Waals surface area contributed by atoms with Crippen LogP contribution in [-0.4, -0.2) is 17.7 Å². The molecular formula is C33H20Cl2O4. The normalized spacial score (nSPS) is 27.2. The number of carbonyl (C=O) groups excluding carboxylic acids is 3. The van der Waals surface area contributed by atoms with Gasteiger partial charge in [0.15, 0.2) is 5.78 Å². The van der Waals surface area contributed by atoms with Crippen molar-refractivity contribution in [3.63, 3.8) is 0 Å². The van der Waals surface area contributed by atoms with Gasteiger partial charge in [0, 0.05) is 10.0 Å². The second-order valence-electron chi connectivity index (χ2n) is 10.1. The van der Waals surface area contributed by atoms with E-state index in [1.165, 1.54) is 0 Å². The Morgan fingerprint density at radius 1 is 0.513 bits per heavy atom. The number of benzene rings is 4. The maximum atomic E-state index is 15.4. The number of Topliss-reactive ketones (excluding diaryl/α,β-unsaturated/α-hetero) is 1. The van der Waals surface area contributed by atoms with E-state index in [1.54, 1.807) is 48.5 Å². The Morgan fingerprint density at radius 2 is 0.872 bits per heavy atom. The Hall–Kier alpha value is -3.99. The highest BCUT2D eigenvalue weighted by atomic mass is 35.5. The lowest BCUT2D eigenvalue weighted by Gasteiger charge is -2.38. The van der Waals surface area contributed by atoms with Crippen LogP contribution >= 0.6 is 23.2 Å². The molecule has 2 aliphatic carbocycles. The van der Waals surface area contributed by atoms with Crippen molar-refractivity contribution >= 4 is 52.1 Å². The first-order valence-corrected chi connectivity index (χ1v) is 13.4. The van der Waals surface area contributed by atoms with Gasteiger partial charge in [-0.2, -0.15) is 0 Å². The third-order valence-electron chi connectivity index (χ3n) is 8.45. The van der Waals surface area contributed by atoms with Crippen LogP contribution in [0.15, 0.2) is 109 Å². The lowest BCUT2D eigenvalue weighted by atomic mass is 9.59. The number of hydrogen-bond donors (Lipinski definition) is 0. The highest BCUT2D eigenvalue weighted by Crippen LogP contribution is 2.74. The zero-order chi connectivity index (χ0) is 26.9. The summed E-state index contributed by atoms with van der Waals surface area (Å²) in [5, 5.41) is 0.996. The van der Waals surface area contributed by atoms with E-state index in [1.807, 2.05) is 60.7 Å². The first-order valence-electron chi connectivity index (χ1n) is 12.6. The molecule has 4 aromatic rings. The number of allylic oxidation sites excluding steroid dienone is 2. The summed E-state index contributed by atoms with van der Waals surface area (Å²) in [4.78, 5) is 42.6. The van der Waals surface area contributed by atoms with Gasteiger partial charge in [0.25, 0.3) is 0 Å². The molecule has 0 amide bonds. The zero-order valence-corrected chi connectivity index (χ0v) is 21.9. The highest BCUT2D eigenvalue weighted by molar-refractivity contribution is 6.35. The fourth-order valence-electron chi connectivity index (χ4n) is 7.17. The van der Waals surface area contributed by atoms with Crippen molar-refractivity contribution in [3.8, 4) is 0 Å². The summed E-state index contributed by atoms with van der Waals surface area (Å²) in [5.41, 5.74) is 1.21.